The molecule has 6 rings (SSSR count). The molecule has 3 heterocycles. The van der Waals surface area contributed by atoms with Crippen LogP contribution in [0.5, 0.6) is 0 Å². The van der Waals surface area contributed by atoms with Crippen LogP contribution in [0.4, 0.5) is 0 Å². The quantitative estimate of drug-likeness (QED) is 0.279. The number of benzene rings is 1. The lowest BCUT2D eigenvalue weighted by atomic mass is 9.45. The highest BCUT2D eigenvalue weighted by molar-refractivity contribution is 5.91. The van der Waals surface area contributed by atoms with Gasteiger partial charge in [-0.15, -0.1) is 0 Å². The van der Waals surface area contributed by atoms with Gasteiger partial charge in [-0.3, -0.25) is 29.0 Å². The van der Waals surface area contributed by atoms with Crippen molar-refractivity contribution in [3.63, 3.8) is 0 Å². The minimum absolute atomic E-state index is 0.0847. The molecule has 4 aliphatic rings. The van der Waals surface area contributed by atoms with Crippen LogP contribution in [-0.2, 0) is 77.8 Å². The normalized spacial score (nSPS) is 35.8. The number of carbonyl (C=O) groups is 8. The van der Waals surface area contributed by atoms with Crippen molar-refractivity contribution in [2.75, 3.05) is 13.2 Å². The molecule has 1 saturated heterocycles. The first-order valence-corrected chi connectivity index (χ1v) is 20.0. The lowest BCUT2D eigenvalue weighted by Crippen LogP contribution is -2.89. The molecule has 1 aromatic heterocycles. The second-order valence-corrected chi connectivity index (χ2v) is 16.7. The van der Waals surface area contributed by atoms with E-state index in [-0.39, 0.29) is 23.2 Å². The highest BCUT2D eigenvalue weighted by atomic mass is 16.7. The van der Waals surface area contributed by atoms with E-state index in [1.807, 2.05) is 0 Å². The van der Waals surface area contributed by atoms with Crippen LogP contribution >= 0.6 is 0 Å². The minimum Gasteiger partial charge on any atom is -0.465 e. The topological polar surface area (TPSA) is 273 Å². The molecule has 0 unspecified atom stereocenters. The Morgan fingerprint density at radius 1 is 0.746 bits per heavy atom. The molecule has 340 valence electrons. The number of aliphatic hydroxyl groups is 2. The molecule has 2 aromatic rings. The predicted molar refractivity (Wildman–Crippen MR) is 207 cm³/mol. The first kappa shape index (κ1) is 46.5. The van der Waals surface area contributed by atoms with Crippen molar-refractivity contribution in [1.82, 2.24) is 4.98 Å². The summed E-state index contributed by atoms with van der Waals surface area (Å²) in [5.74, 6) is -10.5. The average Bonchev–Trinajstić information content (AvgIpc) is 3.42. The summed E-state index contributed by atoms with van der Waals surface area (Å²) < 4.78 is 54.9. The third-order valence-electron chi connectivity index (χ3n) is 12.2. The van der Waals surface area contributed by atoms with E-state index >= 15 is 0 Å². The number of hydrogen-bond donors (Lipinski definition) is 2. The van der Waals surface area contributed by atoms with Crippen LogP contribution in [-0.4, -0.2) is 135 Å². The number of aromatic nitrogens is 1. The fourth-order valence-corrected chi connectivity index (χ4v) is 9.73. The molecule has 12 atom stereocenters. The van der Waals surface area contributed by atoms with Crippen LogP contribution in [0.3, 0.4) is 0 Å². The van der Waals surface area contributed by atoms with E-state index in [1.54, 1.807) is 6.07 Å². The summed E-state index contributed by atoms with van der Waals surface area (Å²) in [5, 5.41) is 25.4. The van der Waals surface area contributed by atoms with Gasteiger partial charge in [0.15, 0.2) is 35.6 Å². The zero-order chi connectivity index (χ0) is 46.4. The predicted octanol–water partition coefficient (Wildman–Crippen LogP) is 1.27. The number of ether oxygens (including phenoxy) is 9. The standard InChI is InChI=1S/C43H49NO19/c1-21(45)55-20-42-34(59-24(4)48)30(57-22(2)46)29-32(58-23(3)47)43(42)41(8,54)33(31(35(42)60-25(5)49)61-36(50)26-13-10-9-11-14-26)62-38(52)39(6,53)17-16-28-27(15-12-18-44-28)37(51)56-19-40(29,7)63-43/h9-15,18,29-35,53-54H,16-17,19-20H2,1-8H3/t29-,30-,31+,32-,33+,34-,35+,39-,40-,41-,42-,43+/m1/s1. The molecule has 20 nitrogen and oxygen atoms in total. The van der Waals surface area contributed by atoms with E-state index in [0.717, 1.165) is 48.5 Å². The Balaban J connectivity index is 1.79. The fraction of sp³-hybridized carbons (Fsp3) is 0.558. The van der Waals surface area contributed by atoms with Crippen molar-refractivity contribution < 1.29 is 91.2 Å². The molecule has 2 saturated carbocycles. The van der Waals surface area contributed by atoms with Crippen molar-refractivity contribution in [3.05, 3.63) is 65.5 Å². The number of rotatable bonds is 8. The summed E-state index contributed by atoms with van der Waals surface area (Å²) in [6, 6.07) is 10.1. The maximum atomic E-state index is 14.5. The lowest BCUT2D eigenvalue weighted by Gasteiger charge is -2.67. The molecular formula is C43H49NO19. The smallest absolute Gasteiger partial charge is 0.340 e. The number of cyclic esters (lactones) is 1. The van der Waals surface area contributed by atoms with Crippen molar-refractivity contribution in [3.8, 4) is 0 Å². The first-order chi connectivity index (χ1) is 29.4. The summed E-state index contributed by atoms with van der Waals surface area (Å²) in [6.07, 6.45) is -12.0. The molecule has 0 amide bonds. The maximum absolute atomic E-state index is 14.5. The second kappa shape index (κ2) is 16.9. The van der Waals surface area contributed by atoms with Gasteiger partial charge < -0.3 is 52.8 Å². The summed E-state index contributed by atoms with van der Waals surface area (Å²) in [5.41, 5.74) is -13.3. The average molecular weight is 884 g/mol. The van der Waals surface area contributed by atoms with Crippen LogP contribution in [0.1, 0.15) is 88.2 Å². The minimum atomic E-state index is -2.98. The van der Waals surface area contributed by atoms with Crippen LogP contribution in [0.25, 0.3) is 0 Å². The molecule has 2 N–H and O–H groups in total. The molecule has 4 bridgehead atoms. The van der Waals surface area contributed by atoms with Gasteiger partial charge in [0.05, 0.1) is 22.7 Å². The van der Waals surface area contributed by atoms with Crippen molar-refractivity contribution in [1.29, 1.82) is 0 Å². The number of esters is 8. The van der Waals surface area contributed by atoms with Gasteiger partial charge in [0.25, 0.3) is 0 Å². The third kappa shape index (κ3) is 7.99. The molecule has 2 aliphatic heterocycles. The number of nitrogens with zero attached hydrogens (tertiary/aromatic N) is 1. The number of fused-ring (bicyclic) bond motifs is 5. The largest absolute Gasteiger partial charge is 0.465 e. The zero-order valence-electron chi connectivity index (χ0n) is 35.8. The van der Waals surface area contributed by atoms with Gasteiger partial charge in [-0.25, -0.2) is 14.4 Å². The summed E-state index contributed by atoms with van der Waals surface area (Å²) >= 11 is 0. The van der Waals surface area contributed by atoms with Crippen LogP contribution in [0.15, 0.2) is 48.7 Å². The van der Waals surface area contributed by atoms with Crippen molar-refractivity contribution in [2.45, 2.75) is 127 Å². The Morgan fingerprint density at radius 2 is 1.33 bits per heavy atom. The van der Waals surface area contributed by atoms with Gasteiger partial charge in [0, 0.05) is 40.8 Å². The van der Waals surface area contributed by atoms with Gasteiger partial charge in [-0.1, -0.05) is 18.2 Å². The molecule has 0 radical (unpaired) electrons. The summed E-state index contributed by atoms with van der Waals surface area (Å²) in [6.45, 7) is 6.37. The van der Waals surface area contributed by atoms with E-state index in [4.69, 9.17) is 42.6 Å². The van der Waals surface area contributed by atoms with Crippen molar-refractivity contribution >= 4 is 47.8 Å². The Kier molecular flexibility index (Phi) is 12.5. The molecule has 2 aliphatic carbocycles. The van der Waals surface area contributed by atoms with Crippen molar-refractivity contribution in [2.24, 2.45) is 11.3 Å². The Labute approximate surface area is 360 Å². The second-order valence-electron chi connectivity index (χ2n) is 16.7. The summed E-state index contributed by atoms with van der Waals surface area (Å²) in [4.78, 5) is 113. The Hall–Kier alpha value is -5.99. The monoisotopic (exact) mass is 883 g/mol. The number of carbonyl (C=O) groups excluding carboxylic acids is 8. The number of aryl methyl sites for hydroxylation is 1. The van der Waals surface area contributed by atoms with Crippen LogP contribution in [0, 0.1) is 11.3 Å². The highest BCUT2D eigenvalue weighted by Crippen LogP contribution is 2.70. The first-order valence-electron chi connectivity index (χ1n) is 20.0. The molecule has 20 heteroatoms. The third-order valence-corrected chi connectivity index (χ3v) is 12.2. The highest BCUT2D eigenvalue weighted by Gasteiger charge is 2.92. The summed E-state index contributed by atoms with van der Waals surface area (Å²) in [7, 11) is 0. The molecule has 3 fully saturated rings. The van der Waals surface area contributed by atoms with Gasteiger partial charge in [-0.2, -0.15) is 0 Å². The van der Waals surface area contributed by atoms with E-state index in [9.17, 15) is 48.6 Å². The number of pyridine rings is 1. The van der Waals surface area contributed by atoms with Gasteiger partial charge in [0.2, 0.25) is 0 Å². The van der Waals surface area contributed by atoms with Crippen LogP contribution in [0.2, 0.25) is 0 Å². The fourth-order valence-electron chi connectivity index (χ4n) is 9.73. The van der Waals surface area contributed by atoms with E-state index in [0.29, 0.717) is 0 Å². The molecular weight excluding hydrogens is 834 g/mol. The lowest BCUT2D eigenvalue weighted by molar-refractivity contribution is -0.386. The Morgan fingerprint density at radius 3 is 1.92 bits per heavy atom. The van der Waals surface area contributed by atoms with E-state index in [2.05, 4.69) is 4.98 Å². The molecule has 63 heavy (non-hydrogen) atoms. The SMILES string of the molecule is CC(=O)OC[C@]12[C@H](OC(C)=O)[C@H](OC(C)=O)[C@@H]3[C@@H](OC(C)=O)[C@@]14O[C@]3(C)COC(=O)c1cccnc1CC[C@@](C)(O)C(=O)O[C@@H]([C@H](OC(=O)c1ccccc1)[C@@H]2OC(C)=O)[C@@]4(C)O. The zero-order valence-corrected chi connectivity index (χ0v) is 35.8. The van der Waals surface area contributed by atoms with Crippen LogP contribution < -0.4 is 0 Å². The molecule has 1 spiro atoms. The Bertz CT molecular complexity index is 2190. The van der Waals surface area contributed by atoms with Gasteiger partial charge >= 0.3 is 47.8 Å². The van der Waals surface area contributed by atoms with Gasteiger partial charge in [0.1, 0.15) is 42.0 Å². The maximum Gasteiger partial charge on any atom is 0.340 e. The number of hydrogen-bond acceptors (Lipinski definition) is 20. The van der Waals surface area contributed by atoms with Gasteiger partial charge in [-0.05, 0) is 57.9 Å². The van der Waals surface area contributed by atoms with E-state index in [1.165, 1.54) is 49.5 Å². The molecule has 1 aromatic carbocycles. The van der Waals surface area contributed by atoms with E-state index < -0.39 is 138 Å².